The highest BCUT2D eigenvalue weighted by Gasteiger charge is 2.00. The highest BCUT2D eigenvalue weighted by atomic mass is 127. The maximum Gasteiger partial charge on any atom is 0.259 e. The lowest BCUT2D eigenvalue weighted by Crippen LogP contribution is -2.25. The van der Waals surface area contributed by atoms with Crippen molar-refractivity contribution in [3.05, 3.63) is 57.2 Å². The molecule has 0 saturated carbocycles. The summed E-state index contributed by atoms with van der Waals surface area (Å²) in [7, 11) is 0. The number of amides is 1. The zero-order valence-corrected chi connectivity index (χ0v) is 14.2. The van der Waals surface area contributed by atoms with Crippen LogP contribution in [0.4, 0.5) is 5.69 Å². The van der Waals surface area contributed by atoms with E-state index < -0.39 is 0 Å². The van der Waals surface area contributed by atoms with E-state index in [0.717, 1.165) is 14.8 Å². The van der Waals surface area contributed by atoms with Crippen molar-refractivity contribution in [2.45, 2.75) is 6.92 Å². The van der Waals surface area contributed by atoms with Crippen LogP contribution < -0.4 is 10.7 Å². The Balaban J connectivity index is 1.80. The fourth-order valence-electron chi connectivity index (χ4n) is 1.68. The summed E-state index contributed by atoms with van der Waals surface area (Å²) in [5, 5.41) is 16.3. The number of carbonyl (C=O) groups excluding carboxylic acids is 1. The van der Waals surface area contributed by atoms with Gasteiger partial charge < -0.3 is 10.4 Å². The summed E-state index contributed by atoms with van der Waals surface area (Å²) in [5.74, 6) is -0.00520. The lowest BCUT2D eigenvalue weighted by molar-refractivity contribution is -0.119. The molecule has 22 heavy (non-hydrogen) atoms. The highest BCUT2D eigenvalue weighted by Crippen LogP contribution is 2.19. The third-order valence-electron chi connectivity index (χ3n) is 2.88. The van der Waals surface area contributed by atoms with Crippen molar-refractivity contribution in [1.29, 1.82) is 0 Å². The van der Waals surface area contributed by atoms with Crippen LogP contribution in [-0.4, -0.2) is 23.8 Å². The summed E-state index contributed by atoms with van der Waals surface area (Å²) in [4.78, 5) is 11.7. The van der Waals surface area contributed by atoms with Crippen LogP contribution in [0, 0.1) is 10.5 Å². The standard InChI is InChI=1S/C16H16IN3O2/c1-11-2-5-13(6-3-11)18-10-16(22)20-19-9-12-4-7-15(21)14(17)8-12/h2-9,18,21H,10H2,1H3,(H,20,22)/b19-9-. The molecule has 0 aliphatic heterocycles. The first-order valence-corrected chi connectivity index (χ1v) is 7.73. The minimum absolute atomic E-state index is 0.146. The van der Waals surface area contributed by atoms with E-state index in [1.54, 1.807) is 18.2 Å². The first kappa shape index (κ1) is 16.3. The van der Waals surface area contributed by atoms with Gasteiger partial charge in [-0.05, 0) is 65.4 Å². The van der Waals surface area contributed by atoms with Gasteiger partial charge in [-0.2, -0.15) is 5.10 Å². The molecule has 0 aromatic heterocycles. The molecule has 0 bridgehead atoms. The number of carbonyl (C=O) groups is 1. The second kappa shape index (κ2) is 7.79. The number of phenols is 1. The number of rotatable bonds is 5. The van der Waals surface area contributed by atoms with Crippen LogP contribution in [0.2, 0.25) is 0 Å². The zero-order chi connectivity index (χ0) is 15.9. The quantitative estimate of drug-likeness (QED) is 0.404. The predicted molar refractivity (Wildman–Crippen MR) is 96.2 cm³/mol. The summed E-state index contributed by atoms with van der Waals surface area (Å²) in [6.07, 6.45) is 1.53. The van der Waals surface area contributed by atoms with E-state index in [2.05, 4.69) is 15.8 Å². The minimum atomic E-state index is -0.231. The number of aryl methyl sites for hydroxylation is 1. The Labute approximate surface area is 142 Å². The van der Waals surface area contributed by atoms with E-state index in [9.17, 15) is 9.90 Å². The van der Waals surface area contributed by atoms with Crippen molar-refractivity contribution in [3.8, 4) is 5.75 Å². The Kier molecular flexibility index (Phi) is 5.76. The maximum atomic E-state index is 11.7. The zero-order valence-electron chi connectivity index (χ0n) is 12.0. The summed E-state index contributed by atoms with van der Waals surface area (Å²) >= 11 is 2.03. The second-order valence-electron chi connectivity index (χ2n) is 4.72. The summed E-state index contributed by atoms with van der Waals surface area (Å²) < 4.78 is 0.730. The van der Waals surface area contributed by atoms with Gasteiger partial charge in [0.15, 0.2) is 0 Å². The molecule has 0 radical (unpaired) electrons. The Morgan fingerprint density at radius 1 is 1.27 bits per heavy atom. The lowest BCUT2D eigenvalue weighted by atomic mass is 10.2. The van der Waals surface area contributed by atoms with Gasteiger partial charge in [-0.15, -0.1) is 0 Å². The first-order chi connectivity index (χ1) is 10.5. The average Bonchev–Trinajstić information content (AvgIpc) is 2.50. The predicted octanol–water partition coefficient (Wildman–Crippen LogP) is 2.87. The first-order valence-electron chi connectivity index (χ1n) is 6.65. The molecule has 0 spiro atoms. The molecule has 3 N–H and O–H groups in total. The SMILES string of the molecule is Cc1ccc(NCC(=O)N/N=C\c2ccc(O)c(I)c2)cc1. The molecule has 2 rings (SSSR count). The number of aromatic hydroxyl groups is 1. The smallest absolute Gasteiger partial charge is 0.259 e. The molecule has 2 aromatic rings. The van der Waals surface area contributed by atoms with Gasteiger partial charge in [-0.25, -0.2) is 5.43 Å². The molecule has 0 aliphatic carbocycles. The van der Waals surface area contributed by atoms with Gasteiger partial charge in [-0.3, -0.25) is 4.79 Å². The maximum absolute atomic E-state index is 11.7. The molecular formula is C16H16IN3O2. The van der Waals surface area contributed by atoms with E-state index >= 15 is 0 Å². The van der Waals surface area contributed by atoms with Crippen LogP contribution >= 0.6 is 22.6 Å². The van der Waals surface area contributed by atoms with Crippen molar-refractivity contribution in [2.75, 3.05) is 11.9 Å². The summed E-state index contributed by atoms with van der Waals surface area (Å²) in [5.41, 5.74) is 5.31. The normalized spacial score (nSPS) is 10.6. The minimum Gasteiger partial charge on any atom is -0.507 e. The van der Waals surface area contributed by atoms with Gasteiger partial charge >= 0.3 is 0 Å². The summed E-state index contributed by atoms with van der Waals surface area (Å²) in [6.45, 7) is 2.16. The topological polar surface area (TPSA) is 73.7 Å². The fourth-order valence-corrected chi connectivity index (χ4v) is 2.21. The van der Waals surface area contributed by atoms with Crippen LogP contribution in [0.5, 0.6) is 5.75 Å². The molecule has 0 fully saturated rings. The molecule has 0 aliphatic rings. The second-order valence-corrected chi connectivity index (χ2v) is 5.89. The van der Waals surface area contributed by atoms with Gasteiger partial charge in [0.1, 0.15) is 5.75 Å². The van der Waals surface area contributed by atoms with Crippen molar-refractivity contribution in [2.24, 2.45) is 5.10 Å². The van der Waals surface area contributed by atoms with E-state index in [4.69, 9.17) is 0 Å². The van der Waals surface area contributed by atoms with Crippen LogP contribution in [0.3, 0.4) is 0 Å². The molecule has 1 amide bonds. The van der Waals surface area contributed by atoms with Crippen molar-refractivity contribution < 1.29 is 9.90 Å². The van der Waals surface area contributed by atoms with Crippen LogP contribution in [0.25, 0.3) is 0 Å². The van der Waals surface area contributed by atoms with E-state index in [1.807, 2.05) is 53.8 Å². The average molecular weight is 409 g/mol. The molecule has 0 unspecified atom stereocenters. The Morgan fingerprint density at radius 3 is 2.68 bits per heavy atom. The largest absolute Gasteiger partial charge is 0.507 e. The van der Waals surface area contributed by atoms with Crippen LogP contribution in [0.1, 0.15) is 11.1 Å². The van der Waals surface area contributed by atoms with E-state index in [-0.39, 0.29) is 18.2 Å². The molecule has 0 heterocycles. The van der Waals surface area contributed by atoms with Crippen molar-refractivity contribution in [1.82, 2.24) is 5.43 Å². The van der Waals surface area contributed by atoms with Crippen LogP contribution in [0.15, 0.2) is 47.6 Å². The van der Waals surface area contributed by atoms with Gasteiger partial charge in [0, 0.05) is 5.69 Å². The monoisotopic (exact) mass is 409 g/mol. The number of hydrazone groups is 1. The van der Waals surface area contributed by atoms with Gasteiger partial charge in [-0.1, -0.05) is 17.7 Å². The summed E-state index contributed by atoms with van der Waals surface area (Å²) in [6, 6.07) is 12.9. The Bertz CT molecular complexity index is 684. The molecule has 2 aromatic carbocycles. The van der Waals surface area contributed by atoms with E-state index in [1.165, 1.54) is 11.8 Å². The third-order valence-corrected chi connectivity index (χ3v) is 3.74. The Hall–Kier alpha value is -2.09. The Morgan fingerprint density at radius 2 is 2.00 bits per heavy atom. The molecular weight excluding hydrogens is 393 g/mol. The lowest BCUT2D eigenvalue weighted by Gasteiger charge is -2.05. The van der Waals surface area contributed by atoms with Crippen molar-refractivity contribution >= 4 is 40.4 Å². The number of hydrogen-bond acceptors (Lipinski definition) is 4. The van der Waals surface area contributed by atoms with Gasteiger partial charge in [0.25, 0.3) is 5.91 Å². The molecule has 114 valence electrons. The molecule has 5 nitrogen and oxygen atoms in total. The van der Waals surface area contributed by atoms with Gasteiger partial charge in [0.05, 0.1) is 16.3 Å². The molecule has 0 saturated heterocycles. The molecule has 0 atom stereocenters. The number of anilines is 1. The number of nitrogens with zero attached hydrogens (tertiary/aromatic N) is 1. The fraction of sp³-hybridized carbons (Fsp3) is 0.125. The van der Waals surface area contributed by atoms with Crippen molar-refractivity contribution in [3.63, 3.8) is 0 Å². The number of halogens is 1. The highest BCUT2D eigenvalue weighted by molar-refractivity contribution is 14.1. The number of nitrogens with one attached hydrogen (secondary N) is 2. The number of benzene rings is 2. The van der Waals surface area contributed by atoms with Gasteiger partial charge in [0.2, 0.25) is 0 Å². The van der Waals surface area contributed by atoms with E-state index in [0.29, 0.717) is 0 Å². The third kappa shape index (κ3) is 5.03. The molecule has 6 heteroatoms. The van der Waals surface area contributed by atoms with Crippen LogP contribution in [-0.2, 0) is 4.79 Å². The number of phenolic OH excluding ortho intramolecular Hbond substituents is 1. The number of hydrogen-bond donors (Lipinski definition) is 3.